The van der Waals surface area contributed by atoms with Crippen molar-refractivity contribution in [3.63, 3.8) is 0 Å². The number of amides is 1. The number of fused-ring (bicyclic) bond motifs is 1. The van der Waals surface area contributed by atoms with Gasteiger partial charge >= 0.3 is 0 Å². The average molecular weight is 436 g/mol. The molecule has 164 valence electrons. The molecule has 1 heterocycles. The normalized spacial score (nSPS) is 14.4. The molecule has 0 aromatic heterocycles. The quantitative estimate of drug-likeness (QED) is 0.405. The fourth-order valence-corrected chi connectivity index (χ4v) is 4.23. The smallest absolute Gasteiger partial charge is 0.251 e. The first kappa shape index (κ1) is 20.8. The Bertz CT molecular complexity index is 1300. The van der Waals surface area contributed by atoms with Crippen LogP contribution in [0, 0.1) is 0 Å². The SMILES string of the molecule is CC1Cc2cc(-c3ccc(CNC(=O)c4ccc(O)c(-c5ccccc5)c4)cc3)ccc2O1. The second-order valence-electron chi connectivity index (χ2n) is 8.43. The Labute approximate surface area is 193 Å². The van der Waals surface area contributed by atoms with Gasteiger partial charge in [0.05, 0.1) is 0 Å². The summed E-state index contributed by atoms with van der Waals surface area (Å²) in [5.41, 5.74) is 6.60. The van der Waals surface area contributed by atoms with E-state index >= 15 is 0 Å². The third kappa shape index (κ3) is 4.46. The Morgan fingerprint density at radius 1 is 0.909 bits per heavy atom. The number of carbonyl (C=O) groups excluding carboxylic acids is 1. The van der Waals surface area contributed by atoms with Crippen LogP contribution in [-0.4, -0.2) is 17.1 Å². The second-order valence-corrected chi connectivity index (χ2v) is 8.43. The molecule has 2 N–H and O–H groups in total. The summed E-state index contributed by atoms with van der Waals surface area (Å²) in [5, 5.41) is 13.2. The molecule has 0 radical (unpaired) electrons. The van der Waals surface area contributed by atoms with Gasteiger partial charge in [-0.25, -0.2) is 0 Å². The fraction of sp³-hybridized carbons (Fsp3) is 0.138. The third-order valence-electron chi connectivity index (χ3n) is 5.98. The summed E-state index contributed by atoms with van der Waals surface area (Å²) in [7, 11) is 0. The summed E-state index contributed by atoms with van der Waals surface area (Å²) in [4.78, 5) is 12.7. The van der Waals surface area contributed by atoms with Crippen LogP contribution in [0.4, 0.5) is 0 Å². The summed E-state index contributed by atoms with van der Waals surface area (Å²) < 4.78 is 5.79. The number of aromatic hydroxyl groups is 1. The van der Waals surface area contributed by atoms with Crippen molar-refractivity contribution in [2.45, 2.75) is 26.0 Å². The van der Waals surface area contributed by atoms with Crippen LogP contribution in [0.5, 0.6) is 11.5 Å². The van der Waals surface area contributed by atoms with Gasteiger partial charge in [0.2, 0.25) is 0 Å². The fourth-order valence-electron chi connectivity index (χ4n) is 4.23. The van der Waals surface area contributed by atoms with Crippen molar-refractivity contribution in [2.75, 3.05) is 0 Å². The molecule has 1 amide bonds. The molecule has 0 saturated carbocycles. The Balaban J connectivity index is 1.26. The Morgan fingerprint density at radius 3 is 2.45 bits per heavy atom. The van der Waals surface area contributed by atoms with Crippen molar-refractivity contribution in [1.82, 2.24) is 5.32 Å². The number of benzene rings is 4. The van der Waals surface area contributed by atoms with Crippen molar-refractivity contribution in [3.05, 3.63) is 108 Å². The maximum atomic E-state index is 12.7. The number of carbonyl (C=O) groups is 1. The van der Waals surface area contributed by atoms with Gasteiger partial charge in [-0.1, -0.05) is 60.7 Å². The van der Waals surface area contributed by atoms with Gasteiger partial charge < -0.3 is 15.2 Å². The lowest BCUT2D eigenvalue weighted by Gasteiger charge is -2.10. The molecule has 4 aromatic rings. The molecule has 0 saturated heterocycles. The van der Waals surface area contributed by atoms with E-state index in [1.54, 1.807) is 18.2 Å². The molecule has 1 aliphatic rings. The van der Waals surface area contributed by atoms with Gasteiger partial charge in [0.1, 0.15) is 17.6 Å². The van der Waals surface area contributed by atoms with E-state index in [4.69, 9.17) is 4.74 Å². The van der Waals surface area contributed by atoms with Crippen molar-refractivity contribution >= 4 is 5.91 Å². The molecule has 4 aromatic carbocycles. The Hall–Kier alpha value is -4.05. The van der Waals surface area contributed by atoms with Crippen LogP contribution in [0.15, 0.2) is 91.0 Å². The van der Waals surface area contributed by atoms with E-state index in [9.17, 15) is 9.90 Å². The van der Waals surface area contributed by atoms with E-state index < -0.39 is 0 Å². The largest absolute Gasteiger partial charge is 0.507 e. The van der Waals surface area contributed by atoms with Crippen LogP contribution in [0.3, 0.4) is 0 Å². The zero-order valence-corrected chi connectivity index (χ0v) is 18.4. The van der Waals surface area contributed by atoms with Gasteiger partial charge in [0.25, 0.3) is 5.91 Å². The van der Waals surface area contributed by atoms with Crippen LogP contribution in [0.1, 0.15) is 28.4 Å². The highest BCUT2D eigenvalue weighted by Gasteiger charge is 2.19. The molecule has 1 aliphatic heterocycles. The van der Waals surface area contributed by atoms with Crippen LogP contribution in [0.25, 0.3) is 22.3 Å². The first-order chi connectivity index (χ1) is 16.1. The highest BCUT2D eigenvalue weighted by molar-refractivity contribution is 5.96. The zero-order valence-electron chi connectivity index (χ0n) is 18.4. The minimum atomic E-state index is -0.177. The molecule has 0 fully saturated rings. The minimum Gasteiger partial charge on any atom is -0.507 e. The summed E-state index contributed by atoms with van der Waals surface area (Å²) in [6, 6.07) is 29.0. The van der Waals surface area contributed by atoms with E-state index in [0.717, 1.165) is 28.9 Å². The van der Waals surface area contributed by atoms with Gasteiger partial charge in [-0.3, -0.25) is 4.79 Å². The highest BCUT2D eigenvalue weighted by Crippen LogP contribution is 2.33. The number of ether oxygens (including phenoxy) is 1. The van der Waals surface area contributed by atoms with Crippen molar-refractivity contribution < 1.29 is 14.6 Å². The van der Waals surface area contributed by atoms with Crippen molar-refractivity contribution in [3.8, 4) is 33.8 Å². The summed E-state index contributed by atoms with van der Waals surface area (Å²) in [5.74, 6) is 0.958. The average Bonchev–Trinajstić information content (AvgIpc) is 3.23. The Kier molecular flexibility index (Phi) is 5.57. The van der Waals surface area contributed by atoms with Crippen LogP contribution in [0.2, 0.25) is 0 Å². The molecule has 0 aliphatic carbocycles. The number of rotatable bonds is 5. The number of hydrogen-bond donors (Lipinski definition) is 2. The molecule has 33 heavy (non-hydrogen) atoms. The van der Waals surface area contributed by atoms with E-state index in [1.165, 1.54) is 11.1 Å². The van der Waals surface area contributed by atoms with Gasteiger partial charge in [-0.2, -0.15) is 0 Å². The zero-order chi connectivity index (χ0) is 22.8. The number of hydrogen-bond acceptors (Lipinski definition) is 3. The summed E-state index contributed by atoms with van der Waals surface area (Å²) in [6.07, 6.45) is 1.18. The molecule has 4 heteroatoms. The predicted octanol–water partition coefficient (Wildman–Crippen LogP) is 5.98. The van der Waals surface area contributed by atoms with Crippen molar-refractivity contribution in [2.24, 2.45) is 0 Å². The standard InChI is InChI=1S/C29H25NO3/c1-19-15-25-16-23(12-14-28(25)33-19)21-9-7-20(8-10-21)18-30-29(32)24-11-13-27(31)26(17-24)22-5-3-2-4-6-22/h2-14,16-17,19,31H,15,18H2,1H3,(H,30,32). The monoisotopic (exact) mass is 435 g/mol. The summed E-state index contributed by atoms with van der Waals surface area (Å²) in [6.45, 7) is 2.51. The second kappa shape index (κ2) is 8.83. The van der Waals surface area contributed by atoms with Gasteiger partial charge in [0, 0.05) is 24.1 Å². The lowest BCUT2D eigenvalue weighted by molar-refractivity contribution is 0.0951. The summed E-state index contributed by atoms with van der Waals surface area (Å²) >= 11 is 0. The van der Waals surface area contributed by atoms with Gasteiger partial charge in [-0.15, -0.1) is 0 Å². The number of nitrogens with one attached hydrogen (secondary N) is 1. The first-order valence-corrected chi connectivity index (χ1v) is 11.1. The molecular formula is C29H25NO3. The first-order valence-electron chi connectivity index (χ1n) is 11.1. The van der Waals surface area contributed by atoms with Crippen molar-refractivity contribution in [1.29, 1.82) is 0 Å². The number of phenols is 1. The maximum Gasteiger partial charge on any atom is 0.251 e. The van der Waals surface area contributed by atoms with E-state index in [2.05, 4.69) is 36.5 Å². The molecule has 4 nitrogen and oxygen atoms in total. The molecular weight excluding hydrogens is 410 g/mol. The molecule has 5 rings (SSSR count). The predicted molar refractivity (Wildman–Crippen MR) is 130 cm³/mol. The van der Waals surface area contributed by atoms with E-state index in [0.29, 0.717) is 17.7 Å². The lowest BCUT2D eigenvalue weighted by atomic mass is 10.00. The molecule has 0 spiro atoms. The Morgan fingerprint density at radius 2 is 1.67 bits per heavy atom. The van der Waals surface area contributed by atoms with Crippen LogP contribution in [-0.2, 0) is 13.0 Å². The maximum absolute atomic E-state index is 12.7. The lowest BCUT2D eigenvalue weighted by Crippen LogP contribution is -2.22. The van der Waals surface area contributed by atoms with E-state index in [1.807, 2.05) is 48.5 Å². The molecule has 1 atom stereocenters. The van der Waals surface area contributed by atoms with Gasteiger partial charge in [-0.05, 0) is 65.1 Å². The highest BCUT2D eigenvalue weighted by atomic mass is 16.5. The topological polar surface area (TPSA) is 58.6 Å². The molecule has 1 unspecified atom stereocenters. The third-order valence-corrected chi connectivity index (χ3v) is 5.98. The molecule has 0 bridgehead atoms. The number of phenolic OH excluding ortho intramolecular Hbond substituents is 1. The van der Waals surface area contributed by atoms with Crippen LogP contribution >= 0.6 is 0 Å². The van der Waals surface area contributed by atoms with Gasteiger partial charge in [0.15, 0.2) is 0 Å². The minimum absolute atomic E-state index is 0.154. The van der Waals surface area contributed by atoms with Crippen LogP contribution < -0.4 is 10.1 Å². The van der Waals surface area contributed by atoms with E-state index in [-0.39, 0.29) is 17.8 Å².